The Balaban J connectivity index is 2.06. The largest absolute Gasteiger partial charge is 0.343 e. The maximum Gasteiger partial charge on any atom is 0.343 e. The van der Waals surface area contributed by atoms with Crippen LogP contribution in [-0.4, -0.2) is 34.7 Å². The summed E-state index contributed by atoms with van der Waals surface area (Å²) < 4.78 is 25.6. The smallest absolute Gasteiger partial charge is 0.273 e. The van der Waals surface area contributed by atoms with Crippen molar-refractivity contribution in [3.8, 4) is 6.07 Å². The van der Waals surface area contributed by atoms with Gasteiger partial charge in [0.2, 0.25) is 0 Å². The molecule has 0 spiro atoms. The van der Waals surface area contributed by atoms with Crippen molar-refractivity contribution in [3.05, 3.63) is 40.3 Å². The fourth-order valence-electron chi connectivity index (χ4n) is 1.58. The molecular formula is C12H12N4O3S2. The van der Waals surface area contributed by atoms with Gasteiger partial charge in [-0.25, -0.2) is 18.3 Å². The molecule has 1 heterocycles. The number of rotatable bonds is 5. The highest BCUT2D eigenvalue weighted by atomic mass is 32.2. The van der Waals surface area contributed by atoms with Gasteiger partial charge in [-0.2, -0.15) is 5.26 Å². The van der Waals surface area contributed by atoms with E-state index in [1.807, 2.05) is 6.07 Å². The molecule has 7 nitrogen and oxygen atoms in total. The molecule has 0 amide bonds. The van der Waals surface area contributed by atoms with Gasteiger partial charge in [0.05, 0.1) is 22.3 Å². The summed E-state index contributed by atoms with van der Waals surface area (Å²) >= 11 is 1.18. The second-order valence-electron chi connectivity index (χ2n) is 4.18. The first-order valence-corrected chi connectivity index (χ1v) is 8.55. The first-order chi connectivity index (χ1) is 9.94. The molecule has 1 N–H and O–H groups in total. The van der Waals surface area contributed by atoms with Crippen LogP contribution in [0.1, 0.15) is 5.56 Å². The highest BCUT2D eigenvalue weighted by Gasteiger charge is 2.16. The van der Waals surface area contributed by atoms with Crippen molar-refractivity contribution in [2.24, 2.45) is 7.05 Å². The molecule has 0 saturated carbocycles. The van der Waals surface area contributed by atoms with Crippen LogP contribution >= 0.6 is 11.8 Å². The number of nitrogens with zero attached hydrogens (tertiary/aromatic N) is 3. The number of H-pyrrole nitrogens is 1. The van der Waals surface area contributed by atoms with E-state index in [2.05, 4.69) is 10.2 Å². The lowest BCUT2D eigenvalue weighted by molar-refractivity contribution is 0.597. The zero-order valence-electron chi connectivity index (χ0n) is 11.1. The quantitative estimate of drug-likeness (QED) is 0.804. The lowest BCUT2D eigenvalue weighted by atomic mass is 10.2. The van der Waals surface area contributed by atoms with Crippen LogP contribution in [-0.2, 0) is 16.9 Å². The number of thioether (sulfide) groups is 1. The van der Waals surface area contributed by atoms with Gasteiger partial charge in [-0.1, -0.05) is 17.8 Å². The molecule has 9 heteroatoms. The first-order valence-electron chi connectivity index (χ1n) is 5.91. The SMILES string of the molecule is Cn1c(SCCS(=O)(=O)c2cccc(C#N)c2)n[nH]c1=O. The Hall–Kier alpha value is -2.05. The van der Waals surface area contributed by atoms with Gasteiger partial charge in [0.15, 0.2) is 15.0 Å². The first kappa shape index (κ1) is 15.3. The molecule has 0 radical (unpaired) electrons. The van der Waals surface area contributed by atoms with E-state index in [1.165, 1.54) is 34.5 Å². The van der Waals surface area contributed by atoms with Crippen LogP contribution in [0.5, 0.6) is 0 Å². The minimum atomic E-state index is -3.47. The molecule has 0 aliphatic carbocycles. The van der Waals surface area contributed by atoms with E-state index in [1.54, 1.807) is 13.1 Å². The van der Waals surface area contributed by atoms with Crippen LogP contribution in [0, 0.1) is 11.3 Å². The number of hydrogen-bond acceptors (Lipinski definition) is 6. The van der Waals surface area contributed by atoms with Crippen molar-refractivity contribution in [3.63, 3.8) is 0 Å². The van der Waals surface area contributed by atoms with Crippen LogP contribution in [0.15, 0.2) is 39.1 Å². The predicted molar refractivity (Wildman–Crippen MR) is 77.8 cm³/mol. The minimum Gasteiger partial charge on any atom is -0.273 e. The van der Waals surface area contributed by atoms with Gasteiger partial charge >= 0.3 is 5.69 Å². The van der Waals surface area contributed by atoms with Crippen LogP contribution < -0.4 is 5.69 Å². The van der Waals surface area contributed by atoms with E-state index in [9.17, 15) is 13.2 Å². The normalized spacial score (nSPS) is 11.2. The van der Waals surface area contributed by atoms with E-state index in [0.717, 1.165) is 0 Å². The van der Waals surface area contributed by atoms with Crippen LogP contribution in [0.2, 0.25) is 0 Å². The third-order valence-corrected chi connectivity index (χ3v) is 5.75. The number of hydrogen-bond donors (Lipinski definition) is 1. The Bertz CT molecular complexity index is 846. The van der Waals surface area contributed by atoms with Gasteiger partial charge in [-0.15, -0.1) is 5.10 Å². The average molecular weight is 324 g/mol. The topological polar surface area (TPSA) is 109 Å². The number of aromatic nitrogens is 3. The summed E-state index contributed by atoms with van der Waals surface area (Å²) in [5, 5.41) is 15.3. The van der Waals surface area contributed by atoms with Crippen molar-refractivity contribution in [2.75, 3.05) is 11.5 Å². The summed E-state index contributed by atoms with van der Waals surface area (Å²) in [5.41, 5.74) is -0.0412. The Labute approximate surface area is 125 Å². The van der Waals surface area contributed by atoms with Crippen LogP contribution in [0.3, 0.4) is 0 Å². The third kappa shape index (κ3) is 3.53. The van der Waals surface area contributed by atoms with Gasteiger partial charge in [-0.05, 0) is 18.2 Å². The molecule has 0 aliphatic heterocycles. The molecule has 21 heavy (non-hydrogen) atoms. The van der Waals surface area contributed by atoms with Crippen LogP contribution in [0.25, 0.3) is 0 Å². The maximum atomic E-state index is 12.2. The molecule has 1 aromatic carbocycles. The molecule has 110 valence electrons. The number of nitrogens with one attached hydrogen (secondary N) is 1. The summed E-state index contributed by atoms with van der Waals surface area (Å²) in [6, 6.07) is 7.81. The minimum absolute atomic E-state index is 0.104. The van der Waals surface area contributed by atoms with E-state index < -0.39 is 9.84 Å². The van der Waals surface area contributed by atoms with E-state index in [4.69, 9.17) is 5.26 Å². The maximum absolute atomic E-state index is 12.2. The fraction of sp³-hybridized carbons (Fsp3) is 0.250. The zero-order chi connectivity index (χ0) is 15.5. The van der Waals surface area contributed by atoms with E-state index >= 15 is 0 Å². The Morgan fingerprint density at radius 1 is 1.48 bits per heavy atom. The van der Waals surface area contributed by atoms with Crippen molar-refractivity contribution in [1.29, 1.82) is 5.26 Å². The summed E-state index contributed by atoms with van der Waals surface area (Å²) in [7, 11) is -1.91. The van der Waals surface area contributed by atoms with Crippen molar-refractivity contribution in [2.45, 2.75) is 10.1 Å². The second-order valence-corrected chi connectivity index (χ2v) is 7.35. The van der Waals surface area contributed by atoms with Crippen LogP contribution in [0.4, 0.5) is 0 Å². The predicted octanol–water partition coefficient (Wildman–Crippen LogP) is 0.546. The molecule has 0 bridgehead atoms. The molecule has 0 unspecified atom stereocenters. The third-order valence-electron chi connectivity index (χ3n) is 2.74. The van der Waals surface area contributed by atoms with Crippen molar-refractivity contribution >= 4 is 21.6 Å². The molecule has 0 fully saturated rings. The Morgan fingerprint density at radius 3 is 2.86 bits per heavy atom. The fourth-order valence-corrected chi connectivity index (χ4v) is 4.19. The Morgan fingerprint density at radius 2 is 2.24 bits per heavy atom. The highest BCUT2D eigenvalue weighted by molar-refractivity contribution is 8.00. The number of benzene rings is 1. The number of sulfone groups is 1. The Kier molecular flexibility index (Phi) is 4.50. The molecule has 0 aliphatic rings. The van der Waals surface area contributed by atoms with Gasteiger partial charge < -0.3 is 0 Å². The standard InChI is InChI=1S/C12H12N4O3S2/c1-16-11(17)14-15-12(16)20-5-6-21(18,19)10-4-2-3-9(7-10)8-13/h2-4,7H,5-6H2,1H3,(H,14,17). The lowest BCUT2D eigenvalue weighted by Gasteiger charge is -2.04. The summed E-state index contributed by atoms with van der Waals surface area (Å²) in [5.74, 6) is 0.158. The molecule has 0 saturated heterocycles. The summed E-state index contributed by atoms with van der Waals surface area (Å²) in [6.45, 7) is 0. The number of aromatic amines is 1. The molecule has 0 atom stereocenters. The van der Waals surface area contributed by atoms with Crippen molar-refractivity contribution in [1.82, 2.24) is 14.8 Å². The molecular weight excluding hydrogens is 312 g/mol. The van der Waals surface area contributed by atoms with E-state index in [0.29, 0.717) is 10.7 Å². The number of nitriles is 1. The van der Waals surface area contributed by atoms with Gasteiger partial charge in [0.25, 0.3) is 0 Å². The average Bonchev–Trinajstić information content (AvgIpc) is 2.79. The molecule has 1 aromatic heterocycles. The second kappa shape index (κ2) is 6.15. The molecule has 2 rings (SSSR count). The van der Waals surface area contributed by atoms with Crippen molar-refractivity contribution < 1.29 is 8.42 Å². The monoisotopic (exact) mass is 324 g/mol. The summed E-state index contributed by atoms with van der Waals surface area (Å²) in [6.07, 6.45) is 0. The molecule has 2 aromatic rings. The van der Waals surface area contributed by atoms with E-state index in [-0.39, 0.29) is 22.1 Å². The summed E-state index contributed by atoms with van der Waals surface area (Å²) in [4.78, 5) is 11.3. The zero-order valence-corrected chi connectivity index (χ0v) is 12.7. The lowest BCUT2D eigenvalue weighted by Crippen LogP contribution is -2.13. The van der Waals surface area contributed by atoms with Gasteiger partial charge in [0, 0.05) is 12.8 Å². The van der Waals surface area contributed by atoms with Gasteiger partial charge in [-0.3, -0.25) is 4.57 Å². The van der Waals surface area contributed by atoms with Gasteiger partial charge in [0.1, 0.15) is 0 Å². The highest BCUT2D eigenvalue weighted by Crippen LogP contribution is 2.17.